The molecule has 1 aliphatic rings. The van der Waals surface area contributed by atoms with E-state index in [4.69, 9.17) is 14.2 Å². The fourth-order valence-electron chi connectivity index (χ4n) is 3.14. The van der Waals surface area contributed by atoms with Crippen LogP contribution in [0.4, 0.5) is 0 Å². The Morgan fingerprint density at radius 3 is 2.14 bits per heavy atom. The molecule has 2 aromatic rings. The number of halogens is 1. The molecule has 0 unspecified atom stereocenters. The zero-order chi connectivity index (χ0) is 20.7. The molecule has 3 rings (SSSR count). The normalized spacial score (nSPS) is 16.6. The molecule has 2 aromatic carbocycles. The van der Waals surface area contributed by atoms with Gasteiger partial charge in [-0.1, -0.05) is 58.4 Å². The third kappa shape index (κ3) is 5.16. The minimum absolute atomic E-state index is 0.203. The first-order valence-corrected chi connectivity index (χ1v) is 12.1. The van der Waals surface area contributed by atoms with Crippen LogP contribution in [0.25, 0.3) is 4.48 Å². The van der Waals surface area contributed by atoms with Gasteiger partial charge in [-0.25, -0.2) is 0 Å². The summed E-state index contributed by atoms with van der Waals surface area (Å²) in [5.41, 5.74) is 2.30. The van der Waals surface area contributed by atoms with Gasteiger partial charge < -0.3 is 14.2 Å². The number of allylic oxidation sites excluding steroid dienone is 2. The molecule has 0 radical (unpaired) electrons. The molecule has 0 aliphatic carbocycles. The van der Waals surface area contributed by atoms with Gasteiger partial charge in [0.2, 0.25) is 5.75 Å². The van der Waals surface area contributed by atoms with Gasteiger partial charge in [0.15, 0.2) is 11.5 Å². The van der Waals surface area contributed by atoms with Crippen LogP contribution < -0.4 is 14.2 Å². The van der Waals surface area contributed by atoms with Crippen molar-refractivity contribution in [3.05, 3.63) is 71.8 Å². The predicted octanol–water partition coefficient (Wildman–Crippen LogP) is 6.73. The van der Waals surface area contributed by atoms with Gasteiger partial charge in [0.25, 0.3) is 0 Å². The molecule has 154 valence electrons. The van der Waals surface area contributed by atoms with E-state index in [2.05, 4.69) is 58.4 Å². The maximum Gasteiger partial charge on any atom is 0.203 e. The number of thioether (sulfide) groups is 2. The van der Waals surface area contributed by atoms with Crippen molar-refractivity contribution in [3.8, 4) is 17.2 Å². The van der Waals surface area contributed by atoms with Crippen molar-refractivity contribution in [1.82, 2.24) is 0 Å². The molecule has 6 heteroatoms. The summed E-state index contributed by atoms with van der Waals surface area (Å²) in [5, 5.41) is 0. The quantitative estimate of drug-likeness (QED) is 0.399. The lowest BCUT2D eigenvalue weighted by molar-refractivity contribution is 0.324. The average molecular weight is 493 g/mol. The van der Waals surface area contributed by atoms with Crippen molar-refractivity contribution in [2.75, 3.05) is 32.8 Å². The van der Waals surface area contributed by atoms with Crippen molar-refractivity contribution in [3.63, 3.8) is 0 Å². The number of hydrogen-bond donors (Lipinski definition) is 0. The van der Waals surface area contributed by atoms with Crippen LogP contribution in [0.3, 0.4) is 0 Å². The maximum atomic E-state index is 5.59. The molecular weight excluding hydrogens is 468 g/mol. The van der Waals surface area contributed by atoms with Gasteiger partial charge >= 0.3 is 0 Å². The SMILES string of the molecule is COc1cc(C2(/C=C/C=C(\Br)c3ccccc3)SCCCS2)cc(OC)c1OC. The molecule has 0 saturated carbocycles. The fraction of sp³-hybridized carbons (Fsp3) is 0.304. The average Bonchev–Trinajstić information content (AvgIpc) is 2.79. The van der Waals surface area contributed by atoms with Gasteiger partial charge in [-0.15, -0.1) is 23.5 Å². The molecule has 0 N–H and O–H groups in total. The van der Waals surface area contributed by atoms with Crippen molar-refractivity contribution in [2.45, 2.75) is 10.5 Å². The molecule has 0 bridgehead atoms. The van der Waals surface area contributed by atoms with E-state index in [0.717, 1.165) is 27.1 Å². The van der Waals surface area contributed by atoms with Crippen LogP contribution in [0.15, 0.2) is 60.7 Å². The van der Waals surface area contributed by atoms with Crippen molar-refractivity contribution >= 4 is 43.9 Å². The Morgan fingerprint density at radius 2 is 1.59 bits per heavy atom. The van der Waals surface area contributed by atoms with Crippen LogP contribution in [-0.4, -0.2) is 32.8 Å². The zero-order valence-electron chi connectivity index (χ0n) is 16.8. The van der Waals surface area contributed by atoms with Gasteiger partial charge in [-0.3, -0.25) is 0 Å². The summed E-state index contributed by atoms with van der Waals surface area (Å²) in [6, 6.07) is 14.4. The second-order valence-electron chi connectivity index (χ2n) is 6.37. The third-order valence-electron chi connectivity index (χ3n) is 4.60. The molecular formula is C23H25BrO3S2. The van der Waals surface area contributed by atoms with E-state index < -0.39 is 0 Å². The fourth-order valence-corrected chi connectivity index (χ4v) is 6.68. The summed E-state index contributed by atoms with van der Waals surface area (Å²) in [6.07, 6.45) is 7.71. The summed E-state index contributed by atoms with van der Waals surface area (Å²) >= 11 is 7.57. The van der Waals surface area contributed by atoms with Gasteiger partial charge in [0.05, 0.1) is 21.3 Å². The van der Waals surface area contributed by atoms with Gasteiger partial charge in [-0.2, -0.15) is 0 Å². The molecule has 0 aromatic heterocycles. The first-order valence-electron chi connectivity index (χ1n) is 9.32. The summed E-state index contributed by atoms with van der Waals surface area (Å²) in [6.45, 7) is 0. The Labute approximate surface area is 190 Å². The molecule has 1 fully saturated rings. The summed E-state index contributed by atoms with van der Waals surface area (Å²) in [5.74, 6) is 4.20. The Kier molecular flexibility index (Phi) is 8.04. The number of benzene rings is 2. The van der Waals surface area contributed by atoms with Crippen molar-refractivity contribution < 1.29 is 14.2 Å². The van der Waals surface area contributed by atoms with E-state index in [9.17, 15) is 0 Å². The molecule has 0 amide bonds. The Morgan fingerprint density at radius 1 is 0.966 bits per heavy atom. The molecule has 3 nitrogen and oxygen atoms in total. The van der Waals surface area contributed by atoms with E-state index in [1.54, 1.807) is 21.3 Å². The third-order valence-corrected chi connectivity index (χ3v) is 8.61. The van der Waals surface area contributed by atoms with Crippen LogP contribution >= 0.6 is 39.5 Å². The van der Waals surface area contributed by atoms with Gasteiger partial charge in [0.1, 0.15) is 4.08 Å². The Hall–Kier alpha value is -1.50. The number of hydrogen-bond acceptors (Lipinski definition) is 5. The highest BCUT2D eigenvalue weighted by Crippen LogP contribution is 2.54. The number of ether oxygens (including phenoxy) is 3. The maximum absolute atomic E-state index is 5.59. The topological polar surface area (TPSA) is 27.7 Å². The summed E-state index contributed by atoms with van der Waals surface area (Å²) in [7, 11) is 4.95. The molecule has 0 atom stereocenters. The van der Waals surface area contributed by atoms with E-state index in [-0.39, 0.29) is 4.08 Å². The minimum Gasteiger partial charge on any atom is -0.493 e. The Balaban J connectivity index is 1.99. The highest BCUT2D eigenvalue weighted by Gasteiger charge is 2.35. The molecule has 29 heavy (non-hydrogen) atoms. The van der Waals surface area contributed by atoms with Gasteiger partial charge in [-0.05, 0) is 47.3 Å². The molecule has 0 spiro atoms. The first kappa shape index (κ1) is 22.2. The second-order valence-corrected chi connectivity index (χ2v) is 10.2. The first-order chi connectivity index (χ1) is 14.1. The van der Waals surface area contributed by atoms with Crippen molar-refractivity contribution in [1.29, 1.82) is 0 Å². The van der Waals surface area contributed by atoms with Crippen LogP contribution in [0, 0.1) is 0 Å². The Bertz CT molecular complexity index is 850. The summed E-state index contributed by atoms with van der Waals surface area (Å²) < 4.78 is 17.5. The minimum atomic E-state index is -0.203. The largest absolute Gasteiger partial charge is 0.493 e. The molecule has 1 saturated heterocycles. The zero-order valence-corrected chi connectivity index (χ0v) is 20.0. The van der Waals surface area contributed by atoms with Crippen LogP contribution in [-0.2, 0) is 4.08 Å². The lowest BCUT2D eigenvalue weighted by Gasteiger charge is -2.34. The van der Waals surface area contributed by atoms with Crippen LogP contribution in [0.1, 0.15) is 17.5 Å². The smallest absolute Gasteiger partial charge is 0.203 e. The lowest BCUT2D eigenvalue weighted by atomic mass is 10.1. The lowest BCUT2D eigenvalue weighted by Crippen LogP contribution is -2.20. The van der Waals surface area contributed by atoms with Crippen LogP contribution in [0.5, 0.6) is 17.2 Å². The molecule has 1 aliphatic heterocycles. The van der Waals surface area contributed by atoms with E-state index in [0.29, 0.717) is 17.2 Å². The second kappa shape index (κ2) is 10.5. The van der Waals surface area contributed by atoms with E-state index >= 15 is 0 Å². The monoisotopic (exact) mass is 492 g/mol. The summed E-state index contributed by atoms with van der Waals surface area (Å²) in [4.78, 5) is 0. The highest BCUT2D eigenvalue weighted by molar-refractivity contribution is 9.15. The van der Waals surface area contributed by atoms with Gasteiger partial charge in [0, 0.05) is 4.48 Å². The van der Waals surface area contributed by atoms with Crippen molar-refractivity contribution in [2.24, 2.45) is 0 Å². The molecule has 1 heterocycles. The van der Waals surface area contributed by atoms with E-state index in [1.807, 2.05) is 41.7 Å². The predicted molar refractivity (Wildman–Crippen MR) is 130 cm³/mol. The standard InChI is InChI=1S/C23H25BrO3S2/c1-25-20-15-18(16-21(26-2)22(20)27-3)23(28-13-8-14-29-23)12-7-11-19(24)17-9-5-4-6-10-17/h4-7,9-12,15-16H,8,13-14H2,1-3H3/b12-7+,19-11-. The number of rotatable bonds is 7. The highest BCUT2D eigenvalue weighted by atomic mass is 79.9. The number of methoxy groups -OCH3 is 3. The van der Waals surface area contributed by atoms with Crippen LogP contribution in [0.2, 0.25) is 0 Å². The van der Waals surface area contributed by atoms with E-state index in [1.165, 1.54) is 6.42 Å².